The van der Waals surface area contributed by atoms with Crippen LogP contribution in [0, 0.1) is 13.8 Å². The van der Waals surface area contributed by atoms with Gasteiger partial charge in [0.05, 0.1) is 18.8 Å². The van der Waals surface area contributed by atoms with Crippen molar-refractivity contribution in [1.82, 2.24) is 9.46 Å². The van der Waals surface area contributed by atoms with Crippen molar-refractivity contribution in [2.45, 2.75) is 31.8 Å². The van der Waals surface area contributed by atoms with E-state index in [9.17, 15) is 8.42 Å². The Morgan fingerprint density at radius 3 is 2.68 bits per heavy atom. The Balaban J connectivity index is 1.81. The fourth-order valence-electron chi connectivity index (χ4n) is 3.16. The smallest absolute Gasteiger partial charge is 0.248 e. The Hall–Kier alpha value is -2.06. The van der Waals surface area contributed by atoms with E-state index in [4.69, 9.17) is 9.26 Å². The first kappa shape index (κ1) is 17.8. The molecule has 0 spiro atoms. The molecule has 0 N–H and O–H groups in total. The molecule has 1 aromatic carbocycles. The van der Waals surface area contributed by atoms with Crippen molar-refractivity contribution in [2.24, 2.45) is 0 Å². The minimum atomic E-state index is -3.68. The van der Waals surface area contributed by atoms with Crippen molar-refractivity contribution in [3.63, 3.8) is 0 Å². The van der Waals surface area contributed by atoms with Crippen LogP contribution < -0.4 is 9.64 Å². The Kier molecular flexibility index (Phi) is 4.75. The van der Waals surface area contributed by atoms with E-state index in [2.05, 4.69) is 17.0 Å². The van der Waals surface area contributed by atoms with Gasteiger partial charge in [0.2, 0.25) is 10.0 Å². The highest BCUT2D eigenvalue weighted by atomic mass is 32.2. The maximum atomic E-state index is 12.9. The Bertz CT molecular complexity index is 843. The molecule has 136 valence electrons. The minimum absolute atomic E-state index is 0.138. The molecule has 0 saturated heterocycles. The zero-order valence-corrected chi connectivity index (χ0v) is 15.7. The highest BCUT2D eigenvalue weighted by Gasteiger charge is 2.32. The summed E-state index contributed by atoms with van der Waals surface area (Å²) in [6.07, 6.45) is -0.255. The molecule has 0 fully saturated rings. The fourth-order valence-corrected chi connectivity index (χ4v) is 4.64. The van der Waals surface area contributed by atoms with Crippen LogP contribution in [0.3, 0.4) is 0 Å². The molecule has 3 rings (SSSR count). The van der Waals surface area contributed by atoms with Crippen molar-refractivity contribution in [1.29, 1.82) is 0 Å². The Morgan fingerprint density at radius 2 is 2.04 bits per heavy atom. The van der Waals surface area contributed by atoms with Gasteiger partial charge in [-0.3, -0.25) is 0 Å². The van der Waals surface area contributed by atoms with E-state index in [1.165, 1.54) is 4.31 Å². The number of aromatic nitrogens is 1. The van der Waals surface area contributed by atoms with E-state index in [0.29, 0.717) is 18.0 Å². The van der Waals surface area contributed by atoms with Gasteiger partial charge >= 0.3 is 0 Å². The lowest BCUT2D eigenvalue weighted by atomic mass is 10.2. The standard InChI is InChI=1S/C17H23N3O4S/c1-5-20-11-14(23-16-9-7-6-8-15(16)20)10-19(4)25(21,22)17-12(2)18-24-13(17)3/h6-9,14H,5,10-11H2,1-4H3/t14-/m1/s1. The van der Waals surface area contributed by atoms with Gasteiger partial charge in [-0.25, -0.2) is 8.42 Å². The second kappa shape index (κ2) is 6.68. The van der Waals surface area contributed by atoms with E-state index in [-0.39, 0.29) is 17.5 Å². The van der Waals surface area contributed by atoms with Crippen molar-refractivity contribution in [3.05, 3.63) is 35.7 Å². The van der Waals surface area contributed by atoms with Gasteiger partial charge in [-0.05, 0) is 32.9 Å². The number of anilines is 1. The largest absolute Gasteiger partial charge is 0.485 e. The molecule has 1 aromatic heterocycles. The summed E-state index contributed by atoms with van der Waals surface area (Å²) in [6, 6.07) is 7.81. The van der Waals surface area contributed by atoms with Crippen LogP contribution in [-0.4, -0.2) is 50.7 Å². The summed E-state index contributed by atoms with van der Waals surface area (Å²) in [5.74, 6) is 1.08. The number of benzene rings is 1. The van der Waals surface area contributed by atoms with Crippen molar-refractivity contribution >= 4 is 15.7 Å². The second-order valence-electron chi connectivity index (χ2n) is 6.19. The summed E-state index contributed by atoms with van der Waals surface area (Å²) in [7, 11) is -2.12. The zero-order valence-electron chi connectivity index (χ0n) is 14.9. The minimum Gasteiger partial charge on any atom is -0.485 e. The molecule has 25 heavy (non-hydrogen) atoms. The van der Waals surface area contributed by atoms with Crippen molar-refractivity contribution in [2.75, 3.05) is 31.6 Å². The van der Waals surface area contributed by atoms with Gasteiger partial charge in [0.1, 0.15) is 22.4 Å². The van der Waals surface area contributed by atoms with Gasteiger partial charge in [-0.1, -0.05) is 17.3 Å². The van der Waals surface area contributed by atoms with Gasteiger partial charge in [0.15, 0.2) is 5.76 Å². The van der Waals surface area contributed by atoms with Crippen LogP contribution >= 0.6 is 0 Å². The number of sulfonamides is 1. The maximum Gasteiger partial charge on any atom is 0.248 e. The molecule has 0 radical (unpaired) electrons. The van der Waals surface area contributed by atoms with Crippen LogP contribution in [0.5, 0.6) is 5.75 Å². The van der Waals surface area contributed by atoms with Gasteiger partial charge in [-0.2, -0.15) is 4.31 Å². The highest BCUT2D eigenvalue weighted by molar-refractivity contribution is 7.89. The van der Waals surface area contributed by atoms with Crippen molar-refractivity contribution < 1.29 is 17.7 Å². The number of hydrogen-bond acceptors (Lipinski definition) is 6. The average Bonchev–Trinajstić information content (AvgIpc) is 2.93. The highest BCUT2D eigenvalue weighted by Crippen LogP contribution is 2.33. The number of rotatable bonds is 5. The second-order valence-corrected chi connectivity index (χ2v) is 8.17. The van der Waals surface area contributed by atoms with Gasteiger partial charge in [-0.15, -0.1) is 0 Å². The molecule has 0 bridgehead atoms. The molecular weight excluding hydrogens is 342 g/mol. The van der Waals surface area contributed by atoms with Crippen LogP contribution in [0.1, 0.15) is 18.4 Å². The summed E-state index contributed by atoms with van der Waals surface area (Å²) < 4.78 is 38.1. The first-order chi connectivity index (χ1) is 11.8. The predicted octanol–water partition coefficient (Wildman–Crippen LogP) is 2.20. The van der Waals surface area contributed by atoms with Crippen LogP contribution in [-0.2, 0) is 10.0 Å². The maximum absolute atomic E-state index is 12.9. The summed E-state index contributed by atoms with van der Waals surface area (Å²) in [4.78, 5) is 2.33. The van der Waals surface area contributed by atoms with E-state index in [1.54, 1.807) is 20.9 Å². The lowest BCUT2D eigenvalue weighted by molar-refractivity contribution is 0.171. The van der Waals surface area contributed by atoms with Gasteiger partial charge in [0, 0.05) is 13.6 Å². The van der Waals surface area contributed by atoms with Gasteiger partial charge in [0.25, 0.3) is 0 Å². The van der Waals surface area contributed by atoms with Crippen LogP contribution in [0.25, 0.3) is 0 Å². The average molecular weight is 365 g/mol. The van der Waals surface area contributed by atoms with Crippen molar-refractivity contribution in [3.8, 4) is 5.75 Å². The third-order valence-electron chi connectivity index (χ3n) is 4.40. The summed E-state index contributed by atoms with van der Waals surface area (Å²) >= 11 is 0. The van der Waals surface area contributed by atoms with Gasteiger partial charge < -0.3 is 14.2 Å². The third-order valence-corrected chi connectivity index (χ3v) is 6.47. The zero-order chi connectivity index (χ0) is 18.2. The monoisotopic (exact) mass is 365 g/mol. The van der Waals surface area contributed by atoms with Crippen LogP contribution in [0.2, 0.25) is 0 Å². The van der Waals surface area contributed by atoms with E-state index in [0.717, 1.165) is 18.0 Å². The fraction of sp³-hybridized carbons (Fsp3) is 0.471. The normalized spacial score (nSPS) is 17.5. The number of aryl methyl sites for hydroxylation is 2. The SMILES string of the molecule is CCN1C[C@@H](CN(C)S(=O)(=O)c2c(C)noc2C)Oc2ccccc21. The molecule has 1 aliphatic rings. The molecule has 1 atom stereocenters. The topological polar surface area (TPSA) is 75.9 Å². The van der Waals surface area contributed by atoms with Crippen LogP contribution in [0.15, 0.2) is 33.7 Å². The molecule has 2 heterocycles. The number of ether oxygens (including phenoxy) is 1. The molecule has 0 aliphatic carbocycles. The summed E-state index contributed by atoms with van der Waals surface area (Å²) in [5.41, 5.74) is 1.41. The lowest BCUT2D eigenvalue weighted by Crippen LogP contribution is -2.46. The van der Waals surface area contributed by atoms with E-state index < -0.39 is 10.0 Å². The molecule has 0 amide bonds. The quantitative estimate of drug-likeness (QED) is 0.809. The number of nitrogens with zero attached hydrogens (tertiary/aromatic N) is 3. The first-order valence-corrected chi connectivity index (χ1v) is 9.68. The molecule has 2 aromatic rings. The van der Waals surface area contributed by atoms with Crippen LogP contribution in [0.4, 0.5) is 5.69 Å². The Morgan fingerprint density at radius 1 is 1.32 bits per heavy atom. The molecule has 7 nitrogen and oxygen atoms in total. The molecule has 0 unspecified atom stereocenters. The number of para-hydroxylation sites is 2. The first-order valence-electron chi connectivity index (χ1n) is 8.24. The molecule has 0 saturated carbocycles. The van der Waals surface area contributed by atoms with E-state index >= 15 is 0 Å². The molecule has 8 heteroatoms. The summed E-state index contributed by atoms with van der Waals surface area (Å²) in [6.45, 7) is 7.02. The lowest BCUT2D eigenvalue weighted by Gasteiger charge is -2.36. The number of fused-ring (bicyclic) bond motifs is 1. The Labute approximate surface area is 148 Å². The number of hydrogen-bond donors (Lipinski definition) is 0. The predicted molar refractivity (Wildman–Crippen MR) is 94.5 cm³/mol. The molecular formula is C17H23N3O4S. The molecule has 1 aliphatic heterocycles. The summed E-state index contributed by atoms with van der Waals surface area (Å²) in [5, 5.41) is 3.75. The third kappa shape index (κ3) is 3.23. The van der Waals surface area contributed by atoms with E-state index in [1.807, 2.05) is 24.3 Å². The number of likely N-dealkylation sites (N-methyl/N-ethyl adjacent to an activating group) is 2.